The molecule has 2 aromatic carbocycles. The molecular formula is C20H23N3O5. The molecule has 28 heavy (non-hydrogen) atoms. The van der Waals surface area contributed by atoms with Crippen LogP contribution in [0.25, 0.3) is 6.08 Å². The number of rotatable bonds is 10. The Labute approximate surface area is 163 Å². The number of non-ortho nitro benzene ring substituents is 1. The number of amides is 1. The molecule has 2 rings (SSSR count). The van der Waals surface area contributed by atoms with Gasteiger partial charge in [-0.3, -0.25) is 14.9 Å². The molecule has 0 aromatic heterocycles. The van der Waals surface area contributed by atoms with Gasteiger partial charge in [0.05, 0.1) is 12.0 Å². The highest BCUT2D eigenvalue weighted by molar-refractivity contribution is 5.77. The minimum absolute atomic E-state index is 0.0326. The molecule has 0 spiro atoms. The molecule has 0 bridgehead atoms. The molecular weight excluding hydrogens is 362 g/mol. The second-order valence-corrected chi connectivity index (χ2v) is 5.78. The van der Waals surface area contributed by atoms with Crippen molar-refractivity contribution in [2.75, 3.05) is 32.1 Å². The Morgan fingerprint density at radius 3 is 2.54 bits per heavy atom. The van der Waals surface area contributed by atoms with Gasteiger partial charge in [0.1, 0.15) is 0 Å². The number of methoxy groups -OCH3 is 1. The van der Waals surface area contributed by atoms with E-state index in [0.29, 0.717) is 24.6 Å². The van der Waals surface area contributed by atoms with Crippen molar-refractivity contribution in [3.05, 3.63) is 64.2 Å². The first-order chi connectivity index (χ1) is 13.5. The largest absolute Gasteiger partial charge is 0.493 e. The van der Waals surface area contributed by atoms with Crippen LogP contribution in [0.5, 0.6) is 11.5 Å². The molecule has 2 aromatic rings. The van der Waals surface area contributed by atoms with Gasteiger partial charge in [0.2, 0.25) is 0 Å². The minimum Gasteiger partial charge on any atom is -0.493 e. The number of nitrogens with zero attached hydrogens (tertiary/aromatic N) is 1. The van der Waals surface area contributed by atoms with Crippen LogP contribution in [0.2, 0.25) is 0 Å². The Kier molecular flexibility index (Phi) is 7.83. The van der Waals surface area contributed by atoms with Crippen molar-refractivity contribution in [1.29, 1.82) is 0 Å². The summed E-state index contributed by atoms with van der Waals surface area (Å²) in [7, 11) is 1.55. The number of carbonyl (C=O) groups excluding carboxylic acids is 1. The highest BCUT2D eigenvalue weighted by Gasteiger charge is 2.08. The molecule has 0 unspecified atom stereocenters. The van der Waals surface area contributed by atoms with Crippen LogP contribution in [0.3, 0.4) is 0 Å². The predicted molar refractivity (Wildman–Crippen MR) is 108 cm³/mol. The zero-order valence-electron chi connectivity index (χ0n) is 15.8. The fourth-order valence-electron chi connectivity index (χ4n) is 2.40. The van der Waals surface area contributed by atoms with Gasteiger partial charge in [-0.15, -0.1) is 0 Å². The van der Waals surface area contributed by atoms with E-state index in [2.05, 4.69) is 10.6 Å². The van der Waals surface area contributed by atoms with Crippen molar-refractivity contribution in [3.8, 4) is 11.5 Å². The third kappa shape index (κ3) is 6.31. The molecule has 0 aliphatic carbocycles. The second-order valence-electron chi connectivity index (χ2n) is 5.78. The predicted octanol–water partition coefficient (Wildman–Crippen LogP) is 3.24. The molecule has 0 heterocycles. The second kappa shape index (κ2) is 10.6. The van der Waals surface area contributed by atoms with E-state index in [1.54, 1.807) is 25.3 Å². The van der Waals surface area contributed by atoms with E-state index in [-0.39, 0.29) is 18.2 Å². The van der Waals surface area contributed by atoms with Crippen LogP contribution in [0.15, 0.2) is 48.5 Å². The van der Waals surface area contributed by atoms with Crippen molar-refractivity contribution in [2.24, 2.45) is 0 Å². The summed E-state index contributed by atoms with van der Waals surface area (Å²) < 4.78 is 10.8. The lowest BCUT2D eigenvalue weighted by molar-refractivity contribution is -0.384. The summed E-state index contributed by atoms with van der Waals surface area (Å²) in [5, 5.41) is 16.4. The third-order valence-electron chi connectivity index (χ3n) is 3.76. The molecule has 8 heteroatoms. The van der Waals surface area contributed by atoms with Crippen LogP contribution in [-0.4, -0.2) is 37.6 Å². The van der Waals surface area contributed by atoms with E-state index in [4.69, 9.17) is 9.47 Å². The van der Waals surface area contributed by atoms with Crippen LogP contribution in [-0.2, 0) is 4.79 Å². The number of ether oxygens (including phenoxy) is 2. The number of nitro benzene ring substituents is 1. The van der Waals surface area contributed by atoms with E-state index in [1.807, 2.05) is 31.2 Å². The number of nitro groups is 1. The van der Waals surface area contributed by atoms with Gasteiger partial charge in [-0.25, -0.2) is 0 Å². The Morgan fingerprint density at radius 1 is 1.14 bits per heavy atom. The van der Waals surface area contributed by atoms with Crippen molar-refractivity contribution in [1.82, 2.24) is 5.32 Å². The molecule has 1 amide bonds. The number of hydrogen-bond acceptors (Lipinski definition) is 6. The summed E-state index contributed by atoms with van der Waals surface area (Å²) in [4.78, 5) is 22.1. The summed E-state index contributed by atoms with van der Waals surface area (Å²) >= 11 is 0. The van der Waals surface area contributed by atoms with E-state index in [0.717, 1.165) is 11.3 Å². The molecule has 0 saturated heterocycles. The maximum absolute atomic E-state index is 11.9. The lowest BCUT2D eigenvalue weighted by Crippen LogP contribution is -2.32. The average molecular weight is 385 g/mol. The Balaban J connectivity index is 1.73. The molecule has 0 atom stereocenters. The Morgan fingerprint density at radius 2 is 1.89 bits per heavy atom. The number of anilines is 1. The van der Waals surface area contributed by atoms with Gasteiger partial charge in [-0.1, -0.05) is 18.2 Å². The monoisotopic (exact) mass is 385 g/mol. The first-order valence-electron chi connectivity index (χ1n) is 8.72. The Hall–Kier alpha value is -3.55. The molecule has 148 valence electrons. The van der Waals surface area contributed by atoms with Crippen LogP contribution in [0.4, 0.5) is 11.4 Å². The van der Waals surface area contributed by atoms with Crippen molar-refractivity contribution >= 4 is 23.4 Å². The van der Waals surface area contributed by atoms with Crippen LogP contribution >= 0.6 is 0 Å². The summed E-state index contributed by atoms with van der Waals surface area (Å²) in [5.74, 6) is 0.795. The molecule has 8 nitrogen and oxygen atoms in total. The fraction of sp³-hybridized carbons (Fsp3) is 0.250. The molecule has 0 saturated carbocycles. The average Bonchev–Trinajstić information content (AvgIpc) is 2.70. The first-order valence-corrected chi connectivity index (χ1v) is 8.72. The molecule has 2 N–H and O–H groups in total. The number of hydrogen-bond donors (Lipinski definition) is 2. The quantitative estimate of drug-likeness (QED) is 0.370. The number of carbonyl (C=O) groups is 1. The Bertz CT molecular complexity index is 834. The van der Waals surface area contributed by atoms with Crippen LogP contribution in [0.1, 0.15) is 12.5 Å². The number of nitrogens with one attached hydrogen (secondary N) is 2. The summed E-state index contributed by atoms with van der Waals surface area (Å²) in [6, 6.07) is 11.6. The van der Waals surface area contributed by atoms with E-state index < -0.39 is 4.92 Å². The van der Waals surface area contributed by atoms with Crippen LogP contribution < -0.4 is 20.1 Å². The van der Waals surface area contributed by atoms with E-state index in [9.17, 15) is 14.9 Å². The lowest BCUT2D eigenvalue weighted by Gasteiger charge is -2.12. The van der Waals surface area contributed by atoms with Crippen molar-refractivity contribution in [2.45, 2.75) is 6.92 Å². The smallest absolute Gasteiger partial charge is 0.269 e. The highest BCUT2D eigenvalue weighted by Crippen LogP contribution is 2.28. The molecule has 0 radical (unpaired) electrons. The molecule has 0 aliphatic heterocycles. The van der Waals surface area contributed by atoms with Gasteiger partial charge in [-0.05, 0) is 36.8 Å². The maximum Gasteiger partial charge on any atom is 0.269 e. The maximum atomic E-state index is 11.9. The standard InChI is InChI=1S/C20H23N3O5/c1-3-4-15-5-10-18(19(13-15)27-2)28-14-20(24)22-12-11-21-16-6-8-17(9-7-16)23(25)26/h3-10,13,21H,11-12,14H2,1-2H3,(H,22,24)/b4-3+. The summed E-state index contributed by atoms with van der Waals surface area (Å²) in [6.07, 6.45) is 3.87. The highest BCUT2D eigenvalue weighted by atomic mass is 16.6. The SMILES string of the molecule is C/C=C/c1ccc(OCC(=O)NCCNc2ccc([N+](=O)[O-])cc2)c(OC)c1. The fourth-order valence-corrected chi connectivity index (χ4v) is 2.40. The van der Waals surface area contributed by atoms with Gasteiger partial charge >= 0.3 is 0 Å². The number of allylic oxidation sites excluding steroid dienone is 1. The zero-order chi connectivity index (χ0) is 20.4. The first kappa shape index (κ1) is 20.8. The van der Waals surface area contributed by atoms with Gasteiger partial charge in [-0.2, -0.15) is 0 Å². The van der Waals surface area contributed by atoms with E-state index in [1.165, 1.54) is 12.1 Å². The van der Waals surface area contributed by atoms with Gasteiger partial charge in [0.15, 0.2) is 18.1 Å². The number of benzene rings is 2. The van der Waals surface area contributed by atoms with Gasteiger partial charge < -0.3 is 20.1 Å². The normalized spacial score (nSPS) is 10.5. The van der Waals surface area contributed by atoms with Gasteiger partial charge in [0.25, 0.3) is 11.6 Å². The molecule has 0 fully saturated rings. The topological polar surface area (TPSA) is 103 Å². The van der Waals surface area contributed by atoms with Crippen molar-refractivity contribution < 1.29 is 19.2 Å². The molecule has 0 aliphatic rings. The van der Waals surface area contributed by atoms with Gasteiger partial charge in [0, 0.05) is 30.9 Å². The zero-order valence-corrected chi connectivity index (χ0v) is 15.8. The van der Waals surface area contributed by atoms with Crippen LogP contribution in [0, 0.1) is 10.1 Å². The summed E-state index contributed by atoms with van der Waals surface area (Å²) in [5.41, 5.74) is 1.75. The lowest BCUT2D eigenvalue weighted by atomic mass is 10.2. The van der Waals surface area contributed by atoms with E-state index >= 15 is 0 Å². The third-order valence-corrected chi connectivity index (χ3v) is 3.76. The minimum atomic E-state index is -0.451. The van der Waals surface area contributed by atoms with Crippen molar-refractivity contribution in [3.63, 3.8) is 0 Å². The summed E-state index contributed by atoms with van der Waals surface area (Å²) in [6.45, 7) is 2.66.